The van der Waals surface area contributed by atoms with Crippen LogP contribution in [0.3, 0.4) is 0 Å². The molecule has 1 unspecified atom stereocenters. The first-order chi connectivity index (χ1) is 5.68. The third-order valence-corrected chi connectivity index (χ3v) is 2.72. The Morgan fingerprint density at radius 1 is 1.50 bits per heavy atom. The zero-order valence-electron chi connectivity index (χ0n) is 7.23. The molecule has 12 heavy (non-hydrogen) atoms. The van der Waals surface area contributed by atoms with Gasteiger partial charge in [0.25, 0.3) is 0 Å². The van der Waals surface area contributed by atoms with Crippen LogP contribution in [0.2, 0.25) is 5.02 Å². The summed E-state index contributed by atoms with van der Waals surface area (Å²) < 4.78 is 5.46. The van der Waals surface area contributed by atoms with E-state index < -0.39 is 0 Å². The highest BCUT2D eigenvalue weighted by molar-refractivity contribution is 6.31. The Balaban J connectivity index is 2.56. The summed E-state index contributed by atoms with van der Waals surface area (Å²) in [6.07, 6.45) is 0. The van der Waals surface area contributed by atoms with Gasteiger partial charge in [-0.25, -0.2) is 0 Å². The van der Waals surface area contributed by atoms with Crippen molar-refractivity contribution in [3.63, 3.8) is 0 Å². The van der Waals surface area contributed by atoms with Crippen LogP contribution in [0, 0.1) is 6.92 Å². The first-order valence-electron chi connectivity index (χ1n) is 4.11. The van der Waals surface area contributed by atoms with Crippen LogP contribution >= 0.6 is 11.6 Å². The molecule has 2 heteroatoms. The van der Waals surface area contributed by atoms with Gasteiger partial charge in [-0.1, -0.05) is 24.6 Å². The average Bonchev–Trinajstić information content (AvgIpc) is 2.35. The monoisotopic (exact) mass is 182 g/mol. The van der Waals surface area contributed by atoms with Gasteiger partial charge in [0.1, 0.15) is 5.75 Å². The number of halogens is 1. The van der Waals surface area contributed by atoms with Crippen molar-refractivity contribution in [3.8, 4) is 5.75 Å². The summed E-state index contributed by atoms with van der Waals surface area (Å²) in [4.78, 5) is 0. The Morgan fingerprint density at radius 3 is 3.00 bits per heavy atom. The van der Waals surface area contributed by atoms with Crippen molar-refractivity contribution in [2.75, 3.05) is 6.61 Å². The number of rotatable bonds is 0. The average molecular weight is 183 g/mol. The van der Waals surface area contributed by atoms with Crippen molar-refractivity contribution in [1.29, 1.82) is 0 Å². The Hall–Kier alpha value is -0.690. The van der Waals surface area contributed by atoms with Crippen LogP contribution < -0.4 is 4.74 Å². The number of hydrogen-bond donors (Lipinski definition) is 0. The van der Waals surface area contributed by atoms with E-state index in [9.17, 15) is 0 Å². The molecule has 64 valence electrons. The van der Waals surface area contributed by atoms with Crippen molar-refractivity contribution < 1.29 is 4.74 Å². The van der Waals surface area contributed by atoms with Crippen molar-refractivity contribution in [2.24, 2.45) is 0 Å². The number of ether oxygens (including phenoxy) is 1. The predicted octanol–water partition coefficient (Wildman–Crippen LogP) is 3.14. The minimum atomic E-state index is 0.510. The van der Waals surface area contributed by atoms with E-state index in [1.54, 1.807) is 0 Å². The predicted molar refractivity (Wildman–Crippen MR) is 50.1 cm³/mol. The van der Waals surface area contributed by atoms with Gasteiger partial charge in [0.05, 0.1) is 6.61 Å². The van der Waals surface area contributed by atoms with Crippen molar-refractivity contribution in [3.05, 3.63) is 28.3 Å². The normalized spacial score (nSPS) is 20.4. The molecule has 0 radical (unpaired) electrons. The standard InChI is InChI=1S/C10H11ClO/c1-6-3-8-7(2)5-12-10(8)4-9(6)11/h3-4,7H,5H2,1-2H3. The molecule has 2 rings (SSSR count). The van der Waals surface area contributed by atoms with Gasteiger partial charge in [-0.05, 0) is 18.6 Å². The van der Waals surface area contributed by atoms with Crippen LogP contribution in [0.25, 0.3) is 0 Å². The minimum absolute atomic E-state index is 0.510. The van der Waals surface area contributed by atoms with Gasteiger partial charge in [0.2, 0.25) is 0 Å². The van der Waals surface area contributed by atoms with Crippen LogP contribution in [-0.2, 0) is 0 Å². The van der Waals surface area contributed by atoms with Crippen LogP contribution in [0.5, 0.6) is 5.75 Å². The summed E-state index contributed by atoms with van der Waals surface area (Å²) >= 11 is 5.96. The summed E-state index contributed by atoms with van der Waals surface area (Å²) in [5.74, 6) is 1.47. The maximum atomic E-state index is 5.96. The molecule has 0 saturated carbocycles. The molecule has 1 aromatic carbocycles. The lowest BCUT2D eigenvalue weighted by molar-refractivity contribution is 0.337. The van der Waals surface area contributed by atoms with Gasteiger partial charge >= 0.3 is 0 Å². The van der Waals surface area contributed by atoms with E-state index in [4.69, 9.17) is 16.3 Å². The third-order valence-electron chi connectivity index (χ3n) is 2.31. The number of hydrogen-bond acceptors (Lipinski definition) is 1. The largest absolute Gasteiger partial charge is 0.493 e. The van der Waals surface area contributed by atoms with E-state index in [-0.39, 0.29) is 0 Å². The highest BCUT2D eigenvalue weighted by Crippen LogP contribution is 2.36. The highest BCUT2D eigenvalue weighted by atomic mass is 35.5. The fourth-order valence-electron chi connectivity index (χ4n) is 1.50. The summed E-state index contributed by atoms with van der Waals surface area (Å²) in [6, 6.07) is 4.03. The van der Waals surface area contributed by atoms with Gasteiger partial charge < -0.3 is 4.74 Å². The Morgan fingerprint density at radius 2 is 2.25 bits per heavy atom. The number of aryl methyl sites for hydroxylation is 1. The van der Waals surface area contributed by atoms with E-state index in [0.717, 1.165) is 22.9 Å². The SMILES string of the molecule is Cc1cc2c(cc1Cl)OCC2C. The van der Waals surface area contributed by atoms with Gasteiger partial charge in [0, 0.05) is 16.5 Å². The second-order valence-corrected chi connectivity index (χ2v) is 3.76. The van der Waals surface area contributed by atoms with Gasteiger partial charge in [0.15, 0.2) is 0 Å². The molecule has 0 fully saturated rings. The van der Waals surface area contributed by atoms with Gasteiger partial charge in [-0.3, -0.25) is 0 Å². The van der Waals surface area contributed by atoms with E-state index in [1.807, 2.05) is 13.0 Å². The van der Waals surface area contributed by atoms with E-state index >= 15 is 0 Å². The summed E-state index contributed by atoms with van der Waals surface area (Å²) in [5.41, 5.74) is 2.42. The molecule has 0 saturated heterocycles. The topological polar surface area (TPSA) is 9.23 Å². The van der Waals surface area contributed by atoms with Crippen molar-refractivity contribution in [1.82, 2.24) is 0 Å². The van der Waals surface area contributed by atoms with Crippen LogP contribution in [0.4, 0.5) is 0 Å². The highest BCUT2D eigenvalue weighted by Gasteiger charge is 2.20. The quantitative estimate of drug-likeness (QED) is 0.599. The van der Waals surface area contributed by atoms with Gasteiger partial charge in [-0.2, -0.15) is 0 Å². The zero-order chi connectivity index (χ0) is 8.72. The fourth-order valence-corrected chi connectivity index (χ4v) is 1.65. The lowest BCUT2D eigenvalue weighted by atomic mass is 10.0. The molecule has 0 bridgehead atoms. The maximum absolute atomic E-state index is 5.96. The molecule has 1 heterocycles. The zero-order valence-corrected chi connectivity index (χ0v) is 7.98. The van der Waals surface area contributed by atoms with Crippen molar-refractivity contribution in [2.45, 2.75) is 19.8 Å². The Labute approximate surface area is 77.3 Å². The second-order valence-electron chi connectivity index (χ2n) is 3.35. The second kappa shape index (κ2) is 2.67. The first-order valence-corrected chi connectivity index (χ1v) is 4.49. The maximum Gasteiger partial charge on any atom is 0.124 e. The fraction of sp³-hybridized carbons (Fsp3) is 0.400. The molecular weight excluding hydrogens is 172 g/mol. The summed E-state index contributed by atoms with van der Waals surface area (Å²) in [7, 11) is 0. The molecule has 0 amide bonds. The smallest absolute Gasteiger partial charge is 0.124 e. The molecule has 1 nitrogen and oxygen atoms in total. The van der Waals surface area contributed by atoms with Crippen molar-refractivity contribution >= 4 is 11.6 Å². The van der Waals surface area contributed by atoms with E-state index in [1.165, 1.54) is 5.56 Å². The summed E-state index contributed by atoms with van der Waals surface area (Å²) in [5, 5.41) is 0.794. The molecule has 1 aliphatic rings. The molecule has 0 N–H and O–H groups in total. The Bertz CT molecular complexity index is 320. The molecule has 0 aromatic heterocycles. The molecule has 1 atom stereocenters. The van der Waals surface area contributed by atoms with Crippen LogP contribution in [0.15, 0.2) is 12.1 Å². The molecular formula is C10H11ClO. The summed E-state index contributed by atoms with van der Waals surface area (Å²) in [6.45, 7) is 4.97. The third kappa shape index (κ3) is 1.09. The lowest BCUT2D eigenvalue weighted by Crippen LogP contribution is -1.93. The Kier molecular flexibility index (Phi) is 1.76. The molecule has 1 aliphatic heterocycles. The van der Waals surface area contributed by atoms with Gasteiger partial charge in [-0.15, -0.1) is 0 Å². The van der Waals surface area contributed by atoms with E-state index in [0.29, 0.717) is 5.92 Å². The molecule has 1 aromatic rings. The molecule has 0 aliphatic carbocycles. The van der Waals surface area contributed by atoms with Crippen LogP contribution in [-0.4, -0.2) is 6.61 Å². The number of benzene rings is 1. The molecule has 0 spiro atoms. The first kappa shape index (κ1) is 7.93. The van der Waals surface area contributed by atoms with E-state index in [2.05, 4.69) is 13.0 Å². The minimum Gasteiger partial charge on any atom is -0.493 e. The number of fused-ring (bicyclic) bond motifs is 1. The van der Waals surface area contributed by atoms with Crippen LogP contribution in [0.1, 0.15) is 24.0 Å². The lowest BCUT2D eigenvalue weighted by Gasteiger charge is -2.03.